The Balaban J connectivity index is 0.000000461. The summed E-state index contributed by atoms with van der Waals surface area (Å²) in [6.07, 6.45) is 1.15. The van der Waals surface area contributed by atoms with E-state index in [9.17, 15) is 0 Å². The molecule has 0 aliphatic rings. The summed E-state index contributed by atoms with van der Waals surface area (Å²) in [4.78, 5) is 0. The van der Waals surface area contributed by atoms with Crippen LogP contribution in [0.25, 0.3) is 0 Å². The monoisotopic (exact) mass is 152 g/mol. The summed E-state index contributed by atoms with van der Waals surface area (Å²) < 4.78 is 0. The van der Waals surface area contributed by atoms with Crippen LogP contribution in [0.2, 0.25) is 0 Å². The molecule has 0 bridgehead atoms. The first-order valence-electron chi connectivity index (χ1n) is 3.84. The minimum Gasteiger partial charge on any atom is -0.400 e. The molecule has 1 rings (SSSR count). The topological polar surface area (TPSA) is 20.2 Å². The zero-order valence-corrected chi connectivity index (χ0v) is 7.46. The predicted octanol–water partition coefficient (Wildman–Crippen LogP) is 2.17. The summed E-state index contributed by atoms with van der Waals surface area (Å²) in [7, 11) is 1.00. The van der Waals surface area contributed by atoms with Gasteiger partial charge in [-0.15, -0.1) is 0 Å². The van der Waals surface area contributed by atoms with E-state index >= 15 is 0 Å². The molecule has 0 atom stereocenters. The molecule has 0 aliphatic carbocycles. The van der Waals surface area contributed by atoms with Crippen molar-refractivity contribution in [3.63, 3.8) is 0 Å². The summed E-state index contributed by atoms with van der Waals surface area (Å²) in [5.41, 5.74) is 2.86. The van der Waals surface area contributed by atoms with E-state index in [1.54, 1.807) is 0 Å². The number of aliphatic hydroxyl groups excluding tert-OH is 1. The van der Waals surface area contributed by atoms with Crippen molar-refractivity contribution in [2.75, 3.05) is 7.11 Å². The average molecular weight is 152 g/mol. The van der Waals surface area contributed by atoms with Gasteiger partial charge in [-0.25, -0.2) is 0 Å². The Morgan fingerprint density at radius 2 is 1.73 bits per heavy atom. The van der Waals surface area contributed by atoms with Crippen molar-refractivity contribution in [1.29, 1.82) is 0 Å². The predicted molar refractivity (Wildman–Crippen MR) is 48.7 cm³/mol. The van der Waals surface area contributed by atoms with E-state index in [1.807, 2.05) is 0 Å². The number of benzene rings is 1. The van der Waals surface area contributed by atoms with Crippen molar-refractivity contribution in [3.8, 4) is 0 Å². The van der Waals surface area contributed by atoms with Crippen molar-refractivity contribution in [3.05, 3.63) is 35.4 Å². The fourth-order valence-electron chi connectivity index (χ4n) is 1.01. The van der Waals surface area contributed by atoms with Crippen LogP contribution in [0.5, 0.6) is 0 Å². The Morgan fingerprint density at radius 1 is 1.18 bits per heavy atom. The van der Waals surface area contributed by atoms with Crippen LogP contribution in [0.1, 0.15) is 18.1 Å². The van der Waals surface area contributed by atoms with Crippen molar-refractivity contribution in [2.45, 2.75) is 20.3 Å². The maximum Gasteiger partial charge on any atom is 0.0319 e. The van der Waals surface area contributed by atoms with Crippen molar-refractivity contribution < 1.29 is 5.11 Å². The van der Waals surface area contributed by atoms with E-state index in [2.05, 4.69) is 38.1 Å². The van der Waals surface area contributed by atoms with E-state index in [1.165, 1.54) is 11.1 Å². The van der Waals surface area contributed by atoms with Crippen LogP contribution < -0.4 is 0 Å². The lowest BCUT2D eigenvalue weighted by atomic mass is 10.1. The molecule has 0 saturated carbocycles. The lowest BCUT2D eigenvalue weighted by Gasteiger charge is -1.98. The van der Waals surface area contributed by atoms with Gasteiger partial charge in [0.05, 0.1) is 0 Å². The second kappa shape index (κ2) is 5.93. The van der Waals surface area contributed by atoms with Gasteiger partial charge in [-0.3, -0.25) is 0 Å². The lowest BCUT2D eigenvalue weighted by molar-refractivity contribution is 0.399. The molecule has 1 aromatic carbocycles. The molecule has 0 fully saturated rings. The van der Waals surface area contributed by atoms with Crippen LogP contribution in [0.3, 0.4) is 0 Å². The minimum atomic E-state index is 1.00. The van der Waals surface area contributed by atoms with Crippen molar-refractivity contribution >= 4 is 0 Å². The molecule has 11 heavy (non-hydrogen) atoms. The molecule has 0 aromatic heterocycles. The molecule has 0 unspecified atom stereocenters. The van der Waals surface area contributed by atoms with Gasteiger partial charge < -0.3 is 5.11 Å². The highest BCUT2D eigenvalue weighted by molar-refractivity contribution is 5.24. The summed E-state index contributed by atoms with van der Waals surface area (Å²) in [5, 5.41) is 7.00. The summed E-state index contributed by atoms with van der Waals surface area (Å²) in [5.74, 6) is 0. The minimum absolute atomic E-state index is 1.00. The molecule has 1 nitrogen and oxygen atoms in total. The second-order valence-corrected chi connectivity index (χ2v) is 2.28. The zero-order chi connectivity index (χ0) is 8.69. The summed E-state index contributed by atoms with van der Waals surface area (Å²) in [6.45, 7) is 4.33. The number of hydrogen-bond donors (Lipinski definition) is 1. The number of rotatable bonds is 1. The van der Waals surface area contributed by atoms with Crippen LogP contribution >= 0.6 is 0 Å². The number of hydrogen-bond acceptors (Lipinski definition) is 1. The van der Waals surface area contributed by atoms with Gasteiger partial charge in [0.2, 0.25) is 0 Å². The molecule has 1 aromatic rings. The third-order valence-electron chi connectivity index (χ3n) is 1.64. The Labute approximate surface area is 68.7 Å². The van der Waals surface area contributed by atoms with Gasteiger partial charge in [-0.1, -0.05) is 31.2 Å². The first kappa shape index (κ1) is 10.2. The number of aryl methyl sites for hydroxylation is 2. The summed E-state index contributed by atoms with van der Waals surface area (Å²) in [6, 6.07) is 8.49. The molecule has 0 radical (unpaired) electrons. The SMILES string of the molecule is CCc1ccccc1C.CO. The van der Waals surface area contributed by atoms with Crippen LogP contribution in [0.4, 0.5) is 0 Å². The molecular formula is C10H16O. The van der Waals surface area contributed by atoms with E-state index < -0.39 is 0 Å². The second-order valence-electron chi connectivity index (χ2n) is 2.28. The molecule has 62 valence electrons. The quantitative estimate of drug-likeness (QED) is 0.654. The maximum atomic E-state index is 7.00. The smallest absolute Gasteiger partial charge is 0.0319 e. The highest BCUT2D eigenvalue weighted by Gasteiger charge is 1.89. The molecule has 0 saturated heterocycles. The van der Waals surface area contributed by atoms with Gasteiger partial charge in [-0.05, 0) is 24.5 Å². The largest absolute Gasteiger partial charge is 0.400 e. The fourth-order valence-corrected chi connectivity index (χ4v) is 1.01. The Hall–Kier alpha value is -0.820. The molecule has 0 amide bonds. The van der Waals surface area contributed by atoms with Crippen molar-refractivity contribution in [1.82, 2.24) is 0 Å². The summed E-state index contributed by atoms with van der Waals surface area (Å²) >= 11 is 0. The normalized spacial score (nSPS) is 8.36. The lowest BCUT2D eigenvalue weighted by Crippen LogP contribution is -1.82. The van der Waals surface area contributed by atoms with E-state index in [-0.39, 0.29) is 0 Å². The van der Waals surface area contributed by atoms with Crippen LogP contribution in [0.15, 0.2) is 24.3 Å². The zero-order valence-electron chi connectivity index (χ0n) is 7.46. The van der Waals surface area contributed by atoms with E-state index in [4.69, 9.17) is 5.11 Å². The van der Waals surface area contributed by atoms with Gasteiger partial charge in [0.15, 0.2) is 0 Å². The molecule has 1 heteroatoms. The molecular weight excluding hydrogens is 136 g/mol. The first-order valence-corrected chi connectivity index (χ1v) is 3.84. The van der Waals surface area contributed by atoms with Crippen molar-refractivity contribution in [2.24, 2.45) is 0 Å². The van der Waals surface area contributed by atoms with E-state index in [0.717, 1.165) is 13.5 Å². The van der Waals surface area contributed by atoms with Gasteiger partial charge >= 0.3 is 0 Å². The average Bonchev–Trinajstić information content (AvgIpc) is 2.09. The highest BCUT2D eigenvalue weighted by atomic mass is 16.2. The van der Waals surface area contributed by atoms with Gasteiger partial charge in [0.1, 0.15) is 0 Å². The number of aliphatic hydroxyl groups is 1. The Bertz CT molecular complexity index is 194. The third-order valence-corrected chi connectivity index (χ3v) is 1.64. The van der Waals surface area contributed by atoms with Crippen LogP contribution in [-0.2, 0) is 6.42 Å². The third kappa shape index (κ3) is 3.19. The van der Waals surface area contributed by atoms with E-state index in [0.29, 0.717) is 0 Å². The van der Waals surface area contributed by atoms with Crippen LogP contribution in [-0.4, -0.2) is 12.2 Å². The molecule has 0 spiro atoms. The fraction of sp³-hybridized carbons (Fsp3) is 0.400. The van der Waals surface area contributed by atoms with Gasteiger partial charge in [0, 0.05) is 7.11 Å². The van der Waals surface area contributed by atoms with Gasteiger partial charge in [0.25, 0.3) is 0 Å². The first-order chi connectivity index (χ1) is 5.34. The molecule has 0 aliphatic heterocycles. The molecule has 1 N–H and O–H groups in total. The Kier molecular flexibility index (Phi) is 5.49. The maximum absolute atomic E-state index is 7.00. The molecule has 0 heterocycles. The standard InChI is InChI=1S/C9H12.CH4O/c1-3-9-7-5-4-6-8(9)2;1-2/h4-7H,3H2,1-2H3;2H,1H3. The van der Waals surface area contributed by atoms with Gasteiger partial charge in [-0.2, -0.15) is 0 Å². The Morgan fingerprint density at radius 3 is 2.09 bits per heavy atom. The highest BCUT2D eigenvalue weighted by Crippen LogP contribution is 2.06. The van der Waals surface area contributed by atoms with Crippen LogP contribution in [0, 0.1) is 6.92 Å².